The molecule has 1 aliphatic carbocycles. The maximum absolute atomic E-state index is 4.36. The Morgan fingerprint density at radius 1 is 1.25 bits per heavy atom. The summed E-state index contributed by atoms with van der Waals surface area (Å²) in [7, 11) is 0. The van der Waals surface area contributed by atoms with Crippen molar-refractivity contribution in [2.75, 3.05) is 6.54 Å². The van der Waals surface area contributed by atoms with Crippen LogP contribution in [0.3, 0.4) is 0 Å². The molecule has 0 unspecified atom stereocenters. The van der Waals surface area contributed by atoms with E-state index in [-0.39, 0.29) is 0 Å². The second-order valence-electron chi connectivity index (χ2n) is 5.66. The van der Waals surface area contributed by atoms with Gasteiger partial charge in [-0.15, -0.1) is 0 Å². The Kier molecular flexibility index (Phi) is 4.68. The number of imidazole rings is 1. The van der Waals surface area contributed by atoms with E-state index in [4.69, 9.17) is 0 Å². The van der Waals surface area contributed by atoms with E-state index in [2.05, 4.69) is 35.6 Å². The van der Waals surface area contributed by atoms with Crippen LogP contribution in [0.25, 0.3) is 5.65 Å². The van der Waals surface area contributed by atoms with Crippen LogP contribution in [-0.2, 0) is 6.54 Å². The minimum atomic E-state index is 0.838. The van der Waals surface area contributed by atoms with Crippen molar-refractivity contribution in [1.29, 1.82) is 0 Å². The van der Waals surface area contributed by atoms with E-state index in [1.54, 1.807) is 6.20 Å². The van der Waals surface area contributed by atoms with Crippen LogP contribution in [0, 0.1) is 5.92 Å². The van der Waals surface area contributed by atoms with E-state index >= 15 is 0 Å². The van der Waals surface area contributed by atoms with Gasteiger partial charge in [-0.1, -0.05) is 25.7 Å². The lowest BCUT2D eigenvalue weighted by molar-refractivity contribution is 0.469. The molecule has 108 valence electrons. The molecule has 0 aliphatic heterocycles. The molecule has 0 aromatic carbocycles. The summed E-state index contributed by atoms with van der Waals surface area (Å²) >= 11 is 3.40. The van der Waals surface area contributed by atoms with Gasteiger partial charge >= 0.3 is 0 Å². The number of rotatable bonds is 6. The van der Waals surface area contributed by atoms with Gasteiger partial charge in [0.25, 0.3) is 0 Å². The molecule has 0 radical (unpaired) electrons. The molecule has 1 fully saturated rings. The molecule has 1 saturated carbocycles. The normalized spacial score (nSPS) is 16.2. The molecule has 2 aromatic rings. The zero-order valence-corrected chi connectivity index (χ0v) is 13.3. The van der Waals surface area contributed by atoms with Crippen LogP contribution in [0.5, 0.6) is 0 Å². The van der Waals surface area contributed by atoms with Crippen molar-refractivity contribution in [2.45, 2.75) is 45.1 Å². The van der Waals surface area contributed by atoms with E-state index in [1.165, 1.54) is 44.2 Å². The van der Waals surface area contributed by atoms with Crippen LogP contribution in [0.1, 0.15) is 44.2 Å². The molecule has 1 N–H and O–H groups in total. The Bertz CT molecular complexity index is 560. The Morgan fingerprint density at radius 3 is 2.95 bits per heavy atom. The minimum absolute atomic E-state index is 0.838. The van der Waals surface area contributed by atoms with Gasteiger partial charge < -0.3 is 5.32 Å². The summed E-state index contributed by atoms with van der Waals surface area (Å²) < 4.78 is 2.92. The minimum Gasteiger partial charge on any atom is -0.311 e. The molecule has 2 aromatic heterocycles. The van der Waals surface area contributed by atoms with Gasteiger partial charge in [-0.2, -0.15) is 0 Å². The first kappa shape index (κ1) is 14.0. The molecule has 0 spiro atoms. The molecule has 0 atom stereocenters. The zero-order chi connectivity index (χ0) is 13.8. The monoisotopic (exact) mass is 336 g/mol. The summed E-state index contributed by atoms with van der Waals surface area (Å²) in [4.78, 5) is 8.55. The smallest absolute Gasteiger partial charge is 0.155 e. The lowest BCUT2D eigenvalue weighted by Gasteiger charge is -2.09. The first-order valence-corrected chi connectivity index (χ1v) is 8.30. The molecule has 20 heavy (non-hydrogen) atoms. The summed E-state index contributed by atoms with van der Waals surface area (Å²) in [6.07, 6.45) is 14.1. The molecule has 0 bridgehead atoms. The fourth-order valence-electron chi connectivity index (χ4n) is 3.08. The third-order valence-corrected chi connectivity index (χ3v) is 4.60. The molecule has 3 rings (SSSR count). The predicted octanol–water partition coefficient (Wildman–Crippen LogP) is 3.55. The Morgan fingerprint density at radius 2 is 2.10 bits per heavy atom. The van der Waals surface area contributed by atoms with Gasteiger partial charge in [0.1, 0.15) is 4.60 Å². The molecule has 0 amide bonds. The van der Waals surface area contributed by atoms with Crippen molar-refractivity contribution in [2.24, 2.45) is 5.92 Å². The van der Waals surface area contributed by atoms with Gasteiger partial charge in [0.15, 0.2) is 5.65 Å². The highest BCUT2D eigenvalue weighted by molar-refractivity contribution is 9.10. The second kappa shape index (κ2) is 6.68. The van der Waals surface area contributed by atoms with Gasteiger partial charge in [-0.05, 0) is 41.2 Å². The van der Waals surface area contributed by atoms with Crippen LogP contribution in [-0.4, -0.2) is 20.9 Å². The van der Waals surface area contributed by atoms with Crippen LogP contribution in [0.2, 0.25) is 0 Å². The topological polar surface area (TPSA) is 42.2 Å². The first-order valence-electron chi connectivity index (χ1n) is 7.51. The average molecular weight is 337 g/mol. The average Bonchev–Trinajstić information content (AvgIpc) is 3.08. The standard InChI is InChI=1S/C15H21BrN4/c16-14-11-20-13(9-19-15(20)10-18-14)8-17-7-3-6-12-4-1-2-5-12/h9-12,17H,1-8H2. The van der Waals surface area contributed by atoms with Crippen LogP contribution in [0.15, 0.2) is 23.2 Å². The van der Waals surface area contributed by atoms with E-state index in [0.717, 1.165) is 29.3 Å². The highest BCUT2D eigenvalue weighted by atomic mass is 79.9. The van der Waals surface area contributed by atoms with Crippen molar-refractivity contribution >= 4 is 21.6 Å². The summed E-state index contributed by atoms with van der Waals surface area (Å²) in [5.74, 6) is 0.995. The number of hydrogen-bond donors (Lipinski definition) is 1. The Labute approximate surface area is 128 Å². The first-order chi connectivity index (χ1) is 9.83. The van der Waals surface area contributed by atoms with E-state index in [1.807, 2.05) is 12.4 Å². The summed E-state index contributed by atoms with van der Waals surface area (Å²) in [6.45, 7) is 1.96. The lowest BCUT2D eigenvalue weighted by atomic mass is 10.0. The quantitative estimate of drug-likeness (QED) is 0.820. The molecule has 2 heterocycles. The van der Waals surface area contributed by atoms with Crippen molar-refractivity contribution in [3.8, 4) is 0 Å². The van der Waals surface area contributed by atoms with Gasteiger partial charge in [0, 0.05) is 12.7 Å². The zero-order valence-electron chi connectivity index (χ0n) is 11.7. The number of fused-ring (bicyclic) bond motifs is 1. The largest absolute Gasteiger partial charge is 0.311 e. The highest BCUT2D eigenvalue weighted by Crippen LogP contribution is 2.28. The summed E-state index contributed by atoms with van der Waals surface area (Å²) in [6, 6.07) is 0. The lowest BCUT2D eigenvalue weighted by Crippen LogP contribution is -2.16. The van der Waals surface area contributed by atoms with E-state index in [0.29, 0.717) is 0 Å². The maximum atomic E-state index is 4.36. The highest BCUT2D eigenvalue weighted by Gasteiger charge is 2.13. The van der Waals surface area contributed by atoms with Gasteiger partial charge in [0.05, 0.1) is 18.1 Å². The Balaban J connectivity index is 1.46. The molecule has 0 saturated heterocycles. The van der Waals surface area contributed by atoms with Crippen molar-refractivity contribution in [1.82, 2.24) is 19.7 Å². The molecule has 5 heteroatoms. The van der Waals surface area contributed by atoms with Gasteiger partial charge in [-0.25, -0.2) is 9.97 Å². The SMILES string of the molecule is Brc1cn2c(CNCCCC3CCCC3)cnc2cn1. The summed E-state index contributed by atoms with van der Waals surface area (Å²) in [5, 5.41) is 3.53. The van der Waals surface area contributed by atoms with Crippen LogP contribution >= 0.6 is 15.9 Å². The molecular weight excluding hydrogens is 316 g/mol. The van der Waals surface area contributed by atoms with E-state index in [9.17, 15) is 0 Å². The van der Waals surface area contributed by atoms with Crippen molar-refractivity contribution in [3.05, 3.63) is 28.9 Å². The van der Waals surface area contributed by atoms with Gasteiger partial charge in [-0.3, -0.25) is 4.40 Å². The fourth-order valence-corrected chi connectivity index (χ4v) is 3.39. The van der Waals surface area contributed by atoms with Crippen molar-refractivity contribution in [3.63, 3.8) is 0 Å². The third kappa shape index (κ3) is 3.38. The number of nitrogens with zero attached hydrogens (tertiary/aromatic N) is 3. The van der Waals surface area contributed by atoms with E-state index < -0.39 is 0 Å². The molecular formula is C15H21BrN4. The maximum Gasteiger partial charge on any atom is 0.155 e. The van der Waals surface area contributed by atoms with Crippen molar-refractivity contribution < 1.29 is 0 Å². The molecule has 1 aliphatic rings. The third-order valence-electron chi connectivity index (χ3n) is 4.19. The fraction of sp³-hybridized carbons (Fsp3) is 0.600. The molecule has 4 nitrogen and oxygen atoms in total. The number of halogens is 1. The number of nitrogens with one attached hydrogen (secondary N) is 1. The van der Waals surface area contributed by atoms with Crippen LogP contribution in [0.4, 0.5) is 0 Å². The van der Waals surface area contributed by atoms with Crippen LogP contribution < -0.4 is 5.32 Å². The number of aromatic nitrogens is 3. The number of hydrogen-bond acceptors (Lipinski definition) is 3. The van der Waals surface area contributed by atoms with Gasteiger partial charge in [0.2, 0.25) is 0 Å². The Hall–Kier alpha value is -0.940. The second-order valence-corrected chi connectivity index (χ2v) is 6.47. The summed E-state index contributed by atoms with van der Waals surface area (Å²) in [5.41, 5.74) is 2.08. The predicted molar refractivity (Wildman–Crippen MR) is 83.6 cm³/mol.